The van der Waals surface area contributed by atoms with E-state index >= 15 is 0 Å². The van der Waals surface area contributed by atoms with Gasteiger partial charge in [-0.2, -0.15) is 9.71 Å². The van der Waals surface area contributed by atoms with Gasteiger partial charge in [-0.25, -0.2) is 8.42 Å². The number of hydrogen-bond donors (Lipinski definition) is 2. The van der Waals surface area contributed by atoms with Crippen LogP contribution in [0.25, 0.3) is 11.4 Å². The maximum Gasteiger partial charge on any atom is 0.270 e. The highest BCUT2D eigenvalue weighted by atomic mass is 32.2. The fraction of sp³-hybridized carbons (Fsp3) is 0.267. The second kappa shape index (κ2) is 7.90. The van der Waals surface area contributed by atoms with E-state index in [1.165, 1.54) is 0 Å². The normalized spacial score (nSPS) is 11.5. The van der Waals surface area contributed by atoms with Gasteiger partial charge in [0.15, 0.2) is 0 Å². The fourth-order valence-corrected chi connectivity index (χ4v) is 3.95. The molecule has 1 amide bonds. The van der Waals surface area contributed by atoms with Crippen molar-refractivity contribution in [2.24, 2.45) is 0 Å². The largest absolute Gasteiger partial charge is 0.338 e. The van der Waals surface area contributed by atoms with E-state index in [0.29, 0.717) is 5.82 Å². The third-order valence-electron chi connectivity index (χ3n) is 3.36. The van der Waals surface area contributed by atoms with Crippen molar-refractivity contribution < 1.29 is 17.7 Å². The van der Waals surface area contributed by atoms with Crippen LogP contribution in [0.3, 0.4) is 0 Å². The number of nitrogens with one attached hydrogen (secondary N) is 2. The van der Waals surface area contributed by atoms with Crippen LogP contribution in [-0.2, 0) is 21.4 Å². The number of amides is 1. The smallest absolute Gasteiger partial charge is 0.270 e. The molecule has 0 unspecified atom stereocenters. The molecule has 0 radical (unpaired) electrons. The summed E-state index contributed by atoms with van der Waals surface area (Å²) in [5, 5.41) is 13.7. The number of anilines is 1. The average Bonchev–Trinajstić information content (AvgIpc) is 3.30. The van der Waals surface area contributed by atoms with E-state index in [2.05, 4.69) is 30.4 Å². The zero-order valence-corrected chi connectivity index (χ0v) is 16.1. The number of benzene rings is 1. The lowest BCUT2D eigenvalue weighted by atomic mass is 10.1. The van der Waals surface area contributed by atoms with Gasteiger partial charge in [0.1, 0.15) is 0 Å². The first-order valence-corrected chi connectivity index (χ1v) is 10.2. The molecule has 3 aromatic rings. The van der Waals surface area contributed by atoms with E-state index in [-0.39, 0.29) is 34.2 Å². The Labute approximate surface area is 159 Å². The standard InChI is InChI=1S/C15H16N6O4S2/c1-3-11(22)17-14-19-20-15(26-14)27(23,24)16-8-12-18-13(21-25-12)10-6-4-5-9(2)7-10/h4-7,16H,3,8H2,1-2H3,(H,17,19,22). The van der Waals surface area contributed by atoms with Gasteiger partial charge in [0, 0.05) is 12.0 Å². The number of carbonyl (C=O) groups is 1. The number of rotatable bonds is 7. The van der Waals surface area contributed by atoms with Crippen LogP contribution in [0.1, 0.15) is 24.8 Å². The third kappa shape index (κ3) is 4.72. The second-order valence-electron chi connectivity index (χ2n) is 5.48. The van der Waals surface area contributed by atoms with Crippen molar-refractivity contribution >= 4 is 32.4 Å². The molecule has 0 fully saturated rings. The first kappa shape index (κ1) is 19.1. The van der Waals surface area contributed by atoms with E-state index in [1.54, 1.807) is 6.92 Å². The van der Waals surface area contributed by atoms with Gasteiger partial charge in [-0.05, 0) is 13.0 Å². The van der Waals surface area contributed by atoms with Crippen LogP contribution >= 0.6 is 11.3 Å². The van der Waals surface area contributed by atoms with E-state index < -0.39 is 10.0 Å². The molecule has 0 spiro atoms. The second-order valence-corrected chi connectivity index (χ2v) is 8.40. The van der Waals surface area contributed by atoms with E-state index in [0.717, 1.165) is 22.5 Å². The van der Waals surface area contributed by atoms with Gasteiger partial charge in [-0.15, -0.1) is 10.2 Å². The molecule has 2 aromatic heterocycles. The van der Waals surface area contributed by atoms with Gasteiger partial charge in [0.05, 0.1) is 6.54 Å². The zero-order chi connectivity index (χ0) is 19.4. The van der Waals surface area contributed by atoms with Crippen molar-refractivity contribution in [2.45, 2.75) is 31.2 Å². The SMILES string of the molecule is CCC(=O)Nc1nnc(S(=O)(=O)NCc2nc(-c3cccc(C)c3)no2)s1. The minimum atomic E-state index is -3.93. The summed E-state index contributed by atoms with van der Waals surface area (Å²) in [6.45, 7) is 3.42. The van der Waals surface area contributed by atoms with E-state index in [9.17, 15) is 13.2 Å². The first-order chi connectivity index (χ1) is 12.9. The Morgan fingerprint density at radius 1 is 1.30 bits per heavy atom. The molecule has 1 aromatic carbocycles. The molecule has 142 valence electrons. The van der Waals surface area contributed by atoms with Crippen molar-refractivity contribution in [3.8, 4) is 11.4 Å². The average molecular weight is 408 g/mol. The van der Waals surface area contributed by atoms with Crippen molar-refractivity contribution in [2.75, 3.05) is 5.32 Å². The van der Waals surface area contributed by atoms with Crippen LogP contribution in [-0.4, -0.2) is 34.7 Å². The Morgan fingerprint density at radius 2 is 2.11 bits per heavy atom. The van der Waals surface area contributed by atoms with Gasteiger partial charge in [0.25, 0.3) is 10.0 Å². The third-order valence-corrected chi connectivity index (χ3v) is 5.97. The van der Waals surface area contributed by atoms with E-state index in [1.807, 2.05) is 31.2 Å². The summed E-state index contributed by atoms with van der Waals surface area (Å²) in [5.41, 5.74) is 1.81. The molecule has 3 rings (SSSR count). The van der Waals surface area contributed by atoms with Crippen molar-refractivity contribution in [3.63, 3.8) is 0 Å². The Hall–Kier alpha value is -2.70. The molecular formula is C15H16N6O4S2. The molecule has 0 saturated carbocycles. The Morgan fingerprint density at radius 3 is 2.85 bits per heavy atom. The number of aromatic nitrogens is 4. The molecule has 0 aliphatic rings. The zero-order valence-electron chi connectivity index (χ0n) is 14.5. The highest BCUT2D eigenvalue weighted by Gasteiger charge is 2.22. The van der Waals surface area contributed by atoms with Crippen LogP contribution < -0.4 is 10.0 Å². The topological polar surface area (TPSA) is 140 Å². The van der Waals surface area contributed by atoms with Gasteiger partial charge < -0.3 is 9.84 Å². The fourth-order valence-electron chi connectivity index (χ4n) is 2.02. The van der Waals surface area contributed by atoms with Gasteiger partial charge in [-0.3, -0.25) is 4.79 Å². The van der Waals surface area contributed by atoms with Gasteiger partial charge in [-0.1, -0.05) is 47.2 Å². The molecule has 27 heavy (non-hydrogen) atoms. The molecule has 2 N–H and O–H groups in total. The molecule has 2 heterocycles. The lowest BCUT2D eigenvalue weighted by Gasteiger charge is -1.99. The lowest BCUT2D eigenvalue weighted by Crippen LogP contribution is -2.23. The number of carbonyl (C=O) groups excluding carboxylic acids is 1. The summed E-state index contributed by atoms with van der Waals surface area (Å²) >= 11 is 0.751. The summed E-state index contributed by atoms with van der Waals surface area (Å²) in [6.07, 6.45) is 0.250. The predicted molar refractivity (Wildman–Crippen MR) is 97.3 cm³/mol. The molecule has 0 bridgehead atoms. The van der Waals surface area contributed by atoms with Crippen LogP contribution in [0.4, 0.5) is 5.13 Å². The number of nitrogens with zero attached hydrogens (tertiary/aromatic N) is 4. The Balaban J connectivity index is 1.66. The molecule has 10 nitrogen and oxygen atoms in total. The summed E-state index contributed by atoms with van der Waals surface area (Å²) < 4.78 is 31.7. The lowest BCUT2D eigenvalue weighted by molar-refractivity contribution is -0.115. The quantitative estimate of drug-likeness (QED) is 0.563. The van der Waals surface area contributed by atoms with Gasteiger partial charge in [0.2, 0.25) is 27.1 Å². The Bertz CT molecular complexity index is 1060. The summed E-state index contributed by atoms with van der Waals surface area (Å²) in [6, 6.07) is 7.54. The predicted octanol–water partition coefficient (Wildman–Crippen LogP) is 1.72. The molecular weight excluding hydrogens is 392 g/mol. The minimum Gasteiger partial charge on any atom is -0.338 e. The number of hydrogen-bond acceptors (Lipinski definition) is 9. The van der Waals surface area contributed by atoms with Crippen LogP contribution in [0.5, 0.6) is 0 Å². The summed E-state index contributed by atoms with van der Waals surface area (Å²) in [7, 11) is -3.93. The van der Waals surface area contributed by atoms with Crippen LogP contribution in [0.2, 0.25) is 0 Å². The van der Waals surface area contributed by atoms with Crippen LogP contribution in [0.15, 0.2) is 33.1 Å². The number of aryl methyl sites for hydroxylation is 1. The molecule has 0 atom stereocenters. The molecule has 0 aliphatic carbocycles. The summed E-state index contributed by atoms with van der Waals surface area (Å²) in [4.78, 5) is 15.5. The number of sulfonamides is 1. The monoisotopic (exact) mass is 408 g/mol. The highest BCUT2D eigenvalue weighted by Crippen LogP contribution is 2.20. The highest BCUT2D eigenvalue weighted by molar-refractivity contribution is 7.91. The maximum atomic E-state index is 12.3. The van der Waals surface area contributed by atoms with E-state index in [4.69, 9.17) is 4.52 Å². The minimum absolute atomic E-state index is 0.110. The summed E-state index contributed by atoms with van der Waals surface area (Å²) in [5.74, 6) is 0.199. The van der Waals surface area contributed by atoms with Crippen molar-refractivity contribution in [3.05, 3.63) is 35.7 Å². The Kier molecular flexibility index (Phi) is 5.58. The van der Waals surface area contributed by atoms with Crippen molar-refractivity contribution in [1.29, 1.82) is 0 Å². The van der Waals surface area contributed by atoms with Gasteiger partial charge >= 0.3 is 0 Å². The van der Waals surface area contributed by atoms with Crippen LogP contribution in [0, 0.1) is 6.92 Å². The molecule has 12 heteroatoms. The van der Waals surface area contributed by atoms with Crippen molar-refractivity contribution in [1.82, 2.24) is 25.1 Å². The first-order valence-electron chi connectivity index (χ1n) is 7.90. The maximum absolute atomic E-state index is 12.3. The molecule has 0 aliphatic heterocycles. The molecule has 0 saturated heterocycles.